The number of rotatable bonds is 1. The minimum absolute atomic E-state index is 0.0381. The molecule has 0 bridgehead atoms. The lowest BCUT2D eigenvalue weighted by atomic mass is 10.0. The van der Waals surface area contributed by atoms with Crippen LogP contribution in [0.4, 0.5) is 5.69 Å². The second-order valence-electron chi connectivity index (χ2n) is 3.36. The van der Waals surface area contributed by atoms with Crippen LogP contribution in [0.5, 0.6) is 0 Å². The van der Waals surface area contributed by atoms with Crippen LogP contribution in [0.3, 0.4) is 0 Å². The van der Waals surface area contributed by atoms with Gasteiger partial charge in [-0.2, -0.15) is 0 Å². The fourth-order valence-corrected chi connectivity index (χ4v) is 1.91. The summed E-state index contributed by atoms with van der Waals surface area (Å²) in [5.74, 6) is 0.264. The van der Waals surface area contributed by atoms with Gasteiger partial charge in [-0.25, -0.2) is 0 Å². The minimum atomic E-state index is 0.0381. The lowest BCUT2D eigenvalue weighted by molar-refractivity contribution is -0.118. The van der Waals surface area contributed by atoms with Gasteiger partial charge in [-0.05, 0) is 25.5 Å². The van der Waals surface area contributed by atoms with Gasteiger partial charge >= 0.3 is 0 Å². The van der Waals surface area contributed by atoms with Gasteiger partial charge in [-0.1, -0.05) is 18.2 Å². The molecule has 1 atom stereocenters. The van der Waals surface area contributed by atoms with Crippen LogP contribution in [0, 0.1) is 0 Å². The molecule has 13 heavy (non-hydrogen) atoms. The molecule has 1 aromatic rings. The Morgan fingerprint density at radius 2 is 2.08 bits per heavy atom. The maximum absolute atomic E-state index is 11.7. The van der Waals surface area contributed by atoms with Crippen LogP contribution in [0.25, 0.3) is 0 Å². The summed E-state index contributed by atoms with van der Waals surface area (Å²) in [7, 11) is 0. The Labute approximate surface area is 78.2 Å². The van der Waals surface area contributed by atoms with Crippen LogP contribution in [0.2, 0.25) is 0 Å². The normalized spacial score (nSPS) is 20.6. The Kier molecular flexibility index (Phi) is 1.83. The van der Waals surface area contributed by atoms with Crippen molar-refractivity contribution in [3.63, 3.8) is 0 Å². The largest absolute Gasteiger partial charge is 0.312 e. The Bertz CT molecular complexity index is 346. The highest BCUT2D eigenvalue weighted by atomic mass is 16.2. The third kappa shape index (κ3) is 1.05. The molecule has 0 saturated carbocycles. The zero-order chi connectivity index (χ0) is 9.42. The second kappa shape index (κ2) is 2.87. The van der Waals surface area contributed by atoms with E-state index >= 15 is 0 Å². The molecule has 1 unspecified atom stereocenters. The number of carbonyl (C=O) groups is 1. The van der Waals surface area contributed by atoms with E-state index in [1.54, 1.807) is 0 Å². The van der Waals surface area contributed by atoms with Crippen molar-refractivity contribution >= 4 is 11.6 Å². The molecule has 0 aromatic heterocycles. The van der Waals surface area contributed by atoms with E-state index in [0.717, 1.165) is 17.8 Å². The Balaban J connectivity index is 2.53. The van der Waals surface area contributed by atoms with Crippen LogP contribution in [-0.4, -0.2) is 12.5 Å². The van der Waals surface area contributed by atoms with Crippen molar-refractivity contribution in [1.29, 1.82) is 0 Å². The molecule has 0 saturated heterocycles. The molecule has 2 rings (SSSR count). The van der Waals surface area contributed by atoms with E-state index < -0.39 is 0 Å². The number of nitrogens with zero attached hydrogens (tertiary/aromatic N) is 1. The lowest BCUT2D eigenvalue weighted by Gasteiger charge is -2.14. The fraction of sp³-hybridized carbons (Fsp3) is 0.364. The molecule has 2 heteroatoms. The first-order valence-corrected chi connectivity index (χ1v) is 4.66. The Morgan fingerprint density at radius 3 is 2.77 bits per heavy atom. The van der Waals surface area contributed by atoms with Gasteiger partial charge < -0.3 is 4.90 Å². The van der Waals surface area contributed by atoms with E-state index in [1.807, 2.05) is 43.0 Å². The van der Waals surface area contributed by atoms with Gasteiger partial charge in [-0.3, -0.25) is 4.79 Å². The maximum atomic E-state index is 11.7. The van der Waals surface area contributed by atoms with E-state index in [-0.39, 0.29) is 11.8 Å². The highest BCUT2D eigenvalue weighted by Crippen LogP contribution is 2.36. The van der Waals surface area contributed by atoms with E-state index in [9.17, 15) is 4.79 Å². The first kappa shape index (κ1) is 8.30. The maximum Gasteiger partial charge on any atom is 0.234 e. The number of fused-ring (bicyclic) bond motifs is 1. The molecule has 1 aliphatic heterocycles. The Hall–Kier alpha value is -1.31. The van der Waals surface area contributed by atoms with Crippen LogP contribution in [0.1, 0.15) is 25.3 Å². The molecule has 2 nitrogen and oxygen atoms in total. The van der Waals surface area contributed by atoms with Crippen molar-refractivity contribution in [1.82, 2.24) is 0 Å². The Morgan fingerprint density at radius 1 is 1.38 bits per heavy atom. The summed E-state index contributed by atoms with van der Waals surface area (Å²) in [6.45, 7) is 4.74. The molecule has 0 radical (unpaired) electrons. The summed E-state index contributed by atoms with van der Waals surface area (Å²) in [4.78, 5) is 13.6. The van der Waals surface area contributed by atoms with Crippen LogP contribution in [-0.2, 0) is 4.79 Å². The summed E-state index contributed by atoms with van der Waals surface area (Å²) in [6.07, 6.45) is 0. The second-order valence-corrected chi connectivity index (χ2v) is 3.36. The monoisotopic (exact) mass is 175 g/mol. The minimum Gasteiger partial charge on any atom is -0.312 e. The molecule has 0 fully saturated rings. The van der Waals surface area contributed by atoms with Gasteiger partial charge in [-0.15, -0.1) is 0 Å². The molecule has 1 heterocycles. The lowest BCUT2D eigenvalue weighted by Crippen LogP contribution is -2.27. The fourth-order valence-electron chi connectivity index (χ4n) is 1.91. The topological polar surface area (TPSA) is 20.3 Å². The summed E-state index contributed by atoms with van der Waals surface area (Å²) in [5.41, 5.74) is 2.25. The molecular weight excluding hydrogens is 162 g/mol. The van der Waals surface area contributed by atoms with E-state index in [0.29, 0.717) is 0 Å². The average molecular weight is 175 g/mol. The molecule has 0 aliphatic carbocycles. The summed E-state index contributed by atoms with van der Waals surface area (Å²) in [6, 6.07) is 8.02. The van der Waals surface area contributed by atoms with Gasteiger partial charge in [0.05, 0.1) is 5.92 Å². The summed E-state index contributed by atoms with van der Waals surface area (Å²) >= 11 is 0. The van der Waals surface area contributed by atoms with Gasteiger partial charge in [0.1, 0.15) is 0 Å². The zero-order valence-electron chi connectivity index (χ0n) is 7.95. The standard InChI is InChI=1S/C11H13NO/c1-3-12-10-7-5-4-6-9(10)8(2)11(12)13/h4-8H,3H2,1-2H3. The van der Waals surface area contributed by atoms with Crippen molar-refractivity contribution in [3.05, 3.63) is 29.8 Å². The smallest absolute Gasteiger partial charge is 0.234 e. The molecule has 1 aromatic carbocycles. The highest BCUT2D eigenvalue weighted by molar-refractivity contribution is 6.04. The van der Waals surface area contributed by atoms with Crippen LogP contribution >= 0.6 is 0 Å². The van der Waals surface area contributed by atoms with Crippen LogP contribution < -0.4 is 4.90 Å². The molecule has 1 aliphatic rings. The van der Waals surface area contributed by atoms with Crippen molar-refractivity contribution in [2.24, 2.45) is 0 Å². The van der Waals surface area contributed by atoms with E-state index in [1.165, 1.54) is 0 Å². The van der Waals surface area contributed by atoms with Crippen molar-refractivity contribution in [2.75, 3.05) is 11.4 Å². The third-order valence-electron chi connectivity index (χ3n) is 2.65. The van der Waals surface area contributed by atoms with Crippen LogP contribution in [0.15, 0.2) is 24.3 Å². The summed E-state index contributed by atoms with van der Waals surface area (Å²) in [5, 5.41) is 0. The number of carbonyl (C=O) groups excluding carboxylic acids is 1. The van der Waals surface area contributed by atoms with Gasteiger partial charge in [0.15, 0.2) is 0 Å². The number of hydrogen-bond acceptors (Lipinski definition) is 1. The first-order chi connectivity index (χ1) is 6.25. The SMILES string of the molecule is CCN1C(=O)C(C)c2ccccc21. The van der Waals surface area contributed by atoms with Crippen molar-refractivity contribution in [3.8, 4) is 0 Å². The molecule has 1 amide bonds. The number of likely N-dealkylation sites (N-methyl/N-ethyl adjacent to an activating group) is 1. The molecule has 0 N–H and O–H groups in total. The zero-order valence-corrected chi connectivity index (χ0v) is 7.95. The molecule has 0 spiro atoms. The van der Waals surface area contributed by atoms with Crippen molar-refractivity contribution in [2.45, 2.75) is 19.8 Å². The number of para-hydroxylation sites is 1. The van der Waals surface area contributed by atoms with E-state index in [2.05, 4.69) is 0 Å². The molecular formula is C11H13NO. The number of amides is 1. The van der Waals surface area contributed by atoms with Crippen molar-refractivity contribution < 1.29 is 4.79 Å². The quantitative estimate of drug-likeness (QED) is 0.640. The highest BCUT2D eigenvalue weighted by Gasteiger charge is 2.32. The predicted octanol–water partition coefficient (Wildman–Crippen LogP) is 2.16. The third-order valence-corrected chi connectivity index (χ3v) is 2.65. The van der Waals surface area contributed by atoms with Gasteiger partial charge in [0.25, 0.3) is 0 Å². The first-order valence-electron chi connectivity index (χ1n) is 4.66. The van der Waals surface area contributed by atoms with Gasteiger partial charge in [0, 0.05) is 12.2 Å². The van der Waals surface area contributed by atoms with Gasteiger partial charge in [0.2, 0.25) is 5.91 Å². The average Bonchev–Trinajstić information content (AvgIpc) is 2.41. The predicted molar refractivity (Wildman–Crippen MR) is 52.9 cm³/mol. The molecule has 68 valence electrons. The number of benzene rings is 1. The number of hydrogen-bond donors (Lipinski definition) is 0. The number of anilines is 1. The van der Waals surface area contributed by atoms with E-state index in [4.69, 9.17) is 0 Å². The summed E-state index contributed by atoms with van der Waals surface area (Å²) < 4.78 is 0.